The maximum atomic E-state index is 13.7. The van der Waals surface area contributed by atoms with Crippen LogP contribution in [0.4, 0.5) is 5.69 Å². The number of carbonyl (C=O) groups is 2. The van der Waals surface area contributed by atoms with Gasteiger partial charge in [0.1, 0.15) is 24.1 Å². The Morgan fingerprint density at radius 1 is 1.03 bits per heavy atom. The molecule has 1 atom stereocenters. The van der Waals surface area contributed by atoms with Crippen LogP contribution >= 0.6 is 23.2 Å². The SMILES string of the molecule is COc1ccc(OC)c(N(CC(=O)N(Cc2ccc(Cl)c(Cl)c2)[C@H](C)C(=O)NC(C)(C)C)S(C)(=O)=O)c1. The van der Waals surface area contributed by atoms with Crippen LogP contribution in [-0.2, 0) is 26.2 Å². The van der Waals surface area contributed by atoms with E-state index in [0.717, 1.165) is 10.6 Å². The zero-order valence-electron chi connectivity index (χ0n) is 22.0. The Labute approximate surface area is 228 Å². The number of halogens is 2. The van der Waals surface area contributed by atoms with Crippen LogP contribution in [-0.4, -0.2) is 63.7 Å². The van der Waals surface area contributed by atoms with Gasteiger partial charge in [0.2, 0.25) is 21.8 Å². The van der Waals surface area contributed by atoms with Crippen molar-refractivity contribution in [2.75, 3.05) is 31.3 Å². The van der Waals surface area contributed by atoms with Crippen LogP contribution in [0.1, 0.15) is 33.3 Å². The predicted octanol–water partition coefficient (Wildman–Crippen LogP) is 4.11. The van der Waals surface area contributed by atoms with Gasteiger partial charge < -0.3 is 19.7 Å². The summed E-state index contributed by atoms with van der Waals surface area (Å²) in [7, 11) is -1.12. The average Bonchev–Trinajstić information content (AvgIpc) is 2.80. The molecule has 0 saturated heterocycles. The van der Waals surface area contributed by atoms with E-state index in [2.05, 4.69) is 5.32 Å². The Kier molecular flexibility index (Phi) is 10.1. The fourth-order valence-electron chi connectivity index (χ4n) is 3.48. The second-order valence-electron chi connectivity index (χ2n) is 9.49. The summed E-state index contributed by atoms with van der Waals surface area (Å²) in [5.41, 5.74) is 0.193. The van der Waals surface area contributed by atoms with E-state index in [4.69, 9.17) is 32.7 Å². The standard InChI is InChI=1S/C25H33Cl2N3O6S/c1-16(24(32)28-25(2,3)4)29(14-17-8-10-19(26)20(27)12-17)23(31)15-30(37(7,33)34)21-13-18(35-5)9-11-22(21)36-6/h8-13,16H,14-15H2,1-7H3,(H,28,32)/t16-/m1/s1. The Balaban J connectivity index is 2.52. The van der Waals surface area contributed by atoms with E-state index in [1.165, 1.54) is 25.2 Å². The first-order chi connectivity index (χ1) is 17.1. The van der Waals surface area contributed by atoms with E-state index >= 15 is 0 Å². The number of rotatable bonds is 10. The van der Waals surface area contributed by atoms with Gasteiger partial charge >= 0.3 is 0 Å². The molecule has 0 aliphatic heterocycles. The average molecular weight is 575 g/mol. The number of hydrogen-bond donors (Lipinski definition) is 1. The number of ether oxygens (including phenoxy) is 2. The molecule has 9 nitrogen and oxygen atoms in total. The summed E-state index contributed by atoms with van der Waals surface area (Å²) < 4.78 is 37.2. The van der Waals surface area contributed by atoms with Crippen molar-refractivity contribution >= 4 is 50.7 Å². The molecular formula is C25H33Cl2N3O6S. The number of sulfonamides is 1. The normalized spacial score (nSPS) is 12.5. The predicted molar refractivity (Wildman–Crippen MR) is 146 cm³/mol. The van der Waals surface area contributed by atoms with Crippen molar-refractivity contribution in [3.05, 3.63) is 52.0 Å². The molecule has 0 aliphatic carbocycles. The van der Waals surface area contributed by atoms with E-state index in [0.29, 0.717) is 16.3 Å². The van der Waals surface area contributed by atoms with Crippen molar-refractivity contribution < 1.29 is 27.5 Å². The van der Waals surface area contributed by atoms with E-state index < -0.39 is 40.0 Å². The zero-order chi connectivity index (χ0) is 28.1. The first kappa shape index (κ1) is 30.5. The lowest BCUT2D eigenvalue weighted by Crippen LogP contribution is -2.54. The second-order valence-corrected chi connectivity index (χ2v) is 12.2. The van der Waals surface area contributed by atoms with Gasteiger partial charge in [0, 0.05) is 18.2 Å². The van der Waals surface area contributed by atoms with E-state index in [1.807, 2.05) is 20.8 Å². The third-order valence-corrected chi connectivity index (χ3v) is 7.20. The molecule has 0 fully saturated rings. The number of benzene rings is 2. The van der Waals surface area contributed by atoms with Crippen LogP contribution in [0.3, 0.4) is 0 Å². The molecule has 204 valence electrons. The summed E-state index contributed by atoms with van der Waals surface area (Å²) >= 11 is 12.2. The molecule has 0 spiro atoms. The molecule has 0 saturated carbocycles. The molecule has 0 heterocycles. The lowest BCUT2D eigenvalue weighted by Gasteiger charge is -2.33. The van der Waals surface area contributed by atoms with Crippen LogP contribution in [0.5, 0.6) is 11.5 Å². The van der Waals surface area contributed by atoms with Crippen molar-refractivity contribution in [3.63, 3.8) is 0 Å². The fraction of sp³-hybridized carbons (Fsp3) is 0.440. The molecule has 1 N–H and O–H groups in total. The number of nitrogens with one attached hydrogen (secondary N) is 1. The fourth-order valence-corrected chi connectivity index (χ4v) is 4.64. The Morgan fingerprint density at radius 2 is 1.68 bits per heavy atom. The maximum Gasteiger partial charge on any atom is 0.244 e. The number of methoxy groups -OCH3 is 2. The van der Waals surface area contributed by atoms with Crippen molar-refractivity contribution in [1.29, 1.82) is 0 Å². The quantitative estimate of drug-likeness (QED) is 0.458. The van der Waals surface area contributed by atoms with Crippen molar-refractivity contribution in [2.24, 2.45) is 0 Å². The number of nitrogens with zero attached hydrogens (tertiary/aromatic N) is 2. The monoisotopic (exact) mass is 573 g/mol. The minimum atomic E-state index is -3.95. The first-order valence-electron chi connectivity index (χ1n) is 11.3. The highest BCUT2D eigenvalue weighted by atomic mass is 35.5. The second kappa shape index (κ2) is 12.2. The summed E-state index contributed by atoms with van der Waals surface area (Å²) in [6.07, 6.45) is 0.984. The van der Waals surface area contributed by atoms with Crippen LogP contribution in [0.25, 0.3) is 0 Å². The molecule has 0 aromatic heterocycles. The van der Waals surface area contributed by atoms with Gasteiger partial charge in [0.05, 0.1) is 36.2 Å². The highest BCUT2D eigenvalue weighted by Crippen LogP contribution is 2.34. The Morgan fingerprint density at radius 3 is 2.19 bits per heavy atom. The maximum absolute atomic E-state index is 13.7. The van der Waals surface area contributed by atoms with E-state index in [1.54, 1.807) is 37.3 Å². The van der Waals surface area contributed by atoms with Gasteiger partial charge in [-0.25, -0.2) is 8.42 Å². The van der Waals surface area contributed by atoms with Gasteiger partial charge in [-0.2, -0.15) is 0 Å². The molecule has 2 amide bonds. The van der Waals surface area contributed by atoms with Gasteiger partial charge in [-0.05, 0) is 57.5 Å². The third-order valence-electron chi connectivity index (χ3n) is 5.34. The molecule has 37 heavy (non-hydrogen) atoms. The number of anilines is 1. The summed E-state index contributed by atoms with van der Waals surface area (Å²) in [5.74, 6) is -0.403. The minimum absolute atomic E-state index is 0.0126. The highest BCUT2D eigenvalue weighted by molar-refractivity contribution is 7.92. The molecule has 2 aromatic carbocycles. The highest BCUT2D eigenvalue weighted by Gasteiger charge is 2.32. The van der Waals surface area contributed by atoms with Gasteiger partial charge in [-0.15, -0.1) is 0 Å². The van der Waals surface area contributed by atoms with Crippen LogP contribution < -0.4 is 19.1 Å². The van der Waals surface area contributed by atoms with Crippen LogP contribution in [0, 0.1) is 0 Å². The van der Waals surface area contributed by atoms with Gasteiger partial charge in [0.15, 0.2) is 0 Å². The largest absolute Gasteiger partial charge is 0.497 e. The topological polar surface area (TPSA) is 105 Å². The lowest BCUT2D eigenvalue weighted by molar-refractivity contribution is -0.140. The molecule has 2 rings (SSSR count). The smallest absolute Gasteiger partial charge is 0.244 e. The van der Waals surface area contributed by atoms with Crippen molar-refractivity contribution in [1.82, 2.24) is 10.2 Å². The molecule has 0 aliphatic rings. The molecule has 0 unspecified atom stereocenters. The van der Waals surface area contributed by atoms with Crippen molar-refractivity contribution in [3.8, 4) is 11.5 Å². The third kappa shape index (κ3) is 8.41. The molecule has 0 bridgehead atoms. The van der Waals surface area contributed by atoms with Crippen molar-refractivity contribution in [2.45, 2.75) is 45.8 Å². The van der Waals surface area contributed by atoms with Gasteiger partial charge in [-0.1, -0.05) is 29.3 Å². The number of carbonyl (C=O) groups excluding carboxylic acids is 2. The zero-order valence-corrected chi connectivity index (χ0v) is 24.3. The summed E-state index contributed by atoms with van der Waals surface area (Å²) in [6.45, 7) is 6.45. The Bertz CT molecular complexity index is 1250. The van der Waals surface area contributed by atoms with Crippen LogP contribution in [0.15, 0.2) is 36.4 Å². The molecule has 0 radical (unpaired) electrons. The van der Waals surface area contributed by atoms with E-state index in [9.17, 15) is 18.0 Å². The lowest BCUT2D eigenvalue weighted by atomic mass is 10.1. The summed E-state index contributed by atoms with van der Waals surface area (Å²) in [5, 5.41) is 3.49. The number of hydrogen-bond acceptors (Lipinski definition) is 6. The molecular weight excluding hydrogens is 541 g/mol. The number of amides is 2. The first-order valence-corrected chi connectivity index (χ1v) is 13.9. The summed E-state index contributed by atoms with van der Waals surface area (Å²) in [6, 6.07) is 8.55. The van der Waals surface area contributed by atoms with Gasteiger partial charge in [-0.3, -0.25) is 13.9 Å². The van der Waals surface area contributed by atoms with Gasteiger partial charge in [0.25, 0.3) is 0 Å². The Hall–Kier alpha value is -2.69. The van der Waals surface area contributed by atoms with Crippen LogP contribution in [0.2, 0.25) is 10.0 Å². The summed E-state index contributed by atoms with van der Waals surface area (Å²) in [4.78, 5) is 28.0. The molecule has 12 heteroatoms. The van der Waals surface area contributed by atoms with E-state index in [-0.39, 0.29) is 23.0 Å². The molecule has 2 aromatic rings. The minimum Gasteiger partial charge on any atom is -0.497 e.